The van der Waals surface area contributed by atoms with Crippen LogP contribution in [-0.4, -0.2) is 26.2 Å². The molecule has 0 aromatic heterocycles. The van der Waals surface area contributed by atoms with Crippen LogP contribution in [0.25, 0.3) is 0 Å². The van der Waals surface area contributed by atoms with E-state index < -0.39 is 11.8 Å². The number of methoxy groups -OCH3 is 2. The maximum absolute atomic E-state index is 12.9. The Bertz CT molecular complexity index is 980. The lowest BCUT2D eigenvalue weighted by Gasteiger charge is -2.34. The largest absolute Gasteiger partial charge is 0.469 e. The van der Waals surface area contributed by atoms with Gasteiger partial charge in [0.2, 0.25) is 0 Å². The summed E-state index contributed by atoms with van der Waals surface area (Å²) in [5, 5.41) is 0. The highest BCUT2D eigenvalue weighted by Crippen LogP contribution is 2.40. The molecule has 1 aliphatic carbocycles. The average molecular weight is 553 g/mol. The molecule has 4 nitrogen and oxygen atoms in total. The molecule has 0 radical (unpaired) electrons. The third kappa shape index (κ3) is 14.1. The standard InChI is InChI=1S/C36H56O4/c1-26(2)14-10-16-28(5)18-12-19-30(7)22-23-32-24-31(21-13-20-29(6)17-11-15-27(3)4)25-33(35(37)39-8)34(32)36(38)40-9/h14-15,18,20,24,32-34H,7,10-13,16-17,19,21-23,25H2,1-6,8-9H3/b28-18+,29-20+/t32-,33+,34+/m1/s1. The Morgan fingerprint density at radius 3 is 1.82 bits per heavy atom. The van der Waals surface area contributed by atoms with Crippen molar-refractivity contribution < 1.29 is 19.1 Å². The van der Waals surface area contributed by atoms with Crippen LogP contribution in [0.15, 0.2) is 70.4 Å². The molecule has 0 heterocycles. The highest BCUT2D eigenvalue weighted by atomic mass is 16.5. The first-order valence-electron chi connectivity index (χ1n) is 15.1. The van der Waals surface area contributed by atoms with Crippen molar-refractivity contribution in [1.29, 1.82) is 0 Å². The van der Waals surface area contributed by atoms with Crippen LogP contribution in [0, 0.1) is 17.8 Å². The van der Waals surface area contributed by atoms with Crippen molar-refractivity contribution in [3.8, 4) is 0 Å². The molecule has 1 aliphatic rings. The quantitative estimate of drug-likeness (QED) is 0.133. The van der Waals surface area contributed by atoms with Crippen molar-refractivity contribution in [2.45, 2.75) is 112 Å². The SMILES string of the molecule is C=C(CC/C=C(\C)CCC=C(C)C)CC[C@@H]1C=C(CC/C=C(\C)CCC=C(C)C)C[C@H](C(=O)OC)[C@H]1C(=O)OC. The van der Waals surface area contributed by atoms with Gasteiger partial charge in [-0.15, -0.1) is 0 Å². The number of allylic oxidation sites excluding steroid dienone is 11. The first-order chi connectivity index (χ1) is 19.0. The van der Waals surface area contributed by atoms with Crippen LogP contribution in [-0.2, 0) is 19.1 Å². The summed E-state index contributed by atoms with van der Waals surface area (Å²) in [5.74, 6) is -1.75. The summed E-state index contributed by atoms with van der Waals surface area (Å²) in [6.45, 7) is 17.2. The third-order valence-electron chi connectivity index (χ3n) is 7.77. The zero-order valence-electron chi connectivity index (χ0n) is 26.7. The molecule has 40 heavy (non-hydrogen) atoms. The molecular formula is C36H56O4. The lowest BCUT2D eigenvalue weighted by atomic mass is 9.70. The van der Waals surface area contributed by atoms with Gasteiger partial charge in [0, 0.05) is 0 Å². The number of carbonyl (C=O) groups excluding carboxylic acids is 2. The molecule has 0 spiro atoms. The second-order valence-electron chi connectivity index (χ2n) is 12.0. The van der Waals surface area contributed by atoms with Crippen LogP contribution in [0.5, 0.6) is 0 Å². The Morgan fingerprint density at radius 2 is 1.30 bits per heavy atom. The Morgan fingerprint density at radius 1 is 0.775 bits per heavy atom. The summed E-state index contributed by atoms with van der Waals surface area (Å²) < 4.78 is 10.3. The molecule has 0 saturated heterocycles. The van der Waals surface area contributed by atoms with E-state index in [1.54, 1.807) is 0 Å². The number of esters is 2. The molecular weight excluding hydrogens is 496 g/mol. The summed E-state index contributed by atoms with van der Waals surface area (Å²) in [7, 11) is 2.81. The van der Waals surface area contributed by atoms with E-state index in [1.807, 2.05) is 0 Å². The fraction of sp³-hybridized carbons (Fsp3) is 0.611. The summed E-state index contributed by atoms with van der Waals surface area (Å²) in [5.41, 5.74) is 7.93. The topological polar surface area (TPSA) is 52.6 Å². The van der Waals surface area contributed by atoms with Crippen LogP contribution in [0.2, 0.25) is 0 Å². The molecule has 0 aromatic carbocycles. The van der Waals surface area contributed by atoms with E-state index in [-0.39, 0.29) is 17.9 Å². The van der Waals surface area contributed by atoms with Gasteiger partial charge in [-0.2, -0.15) is 0 Å². The summed E-state index contributed by atoms with van der Waals surface area (Å²) in [4.78, 5) is 25.7. The average Bonchev–Trinajstić information content (AvgIpc) is 2.90. The minimum Gasteiger partial charge on any atom is -0.469 e. The molecule has 1 rings (SSSR count). The summed E-state index contributed by atoms with van der Waals surface area (Å²) in [6.07, 6.45) is 21.6. The Balaban J connectivity index is 2.89. The van der Waals surface area contributed by atoms with Gasteiger partial charge in [-0.1, -0.05) is 70.4 Å². The Hall–Kier alpha value is -2.62. The van der Waals surface area contributed by atoms with Gasteiger partial charge >= 0.3 is 11.9 Å². The second-order valence-corrected chi connectivity index (χ2v) is 12.0. The monoisotopic (exact) mass is 552 g/mol. The minimum atomic E-state index is -0.521. The lowest BCUT2D eigenvalue weighted by molar-refractivity contribution is -0.159. The maximum Gasteiger partial charge on any atom is 0.310 e. The predicted molar refractivity (Wildman–Crippen MR) is 169 cm³/mol. The molecule has 0 unspecified atom stereocenters. The fourth-order valence-corrected chi connectivity index (χ4v) is 5.39. The van der Waals surface area contributed by atoms with Crippen LogP contribution in [0.1, 0.15) is 112 Å². The molecule has 224 valence electrons. The normalized spacial score (nSPS) is 19.4. The van der Waals surface area contributed by atoms with E-state index in [4.69, 9.17) is 9.47 Å². The zero-order valence-corrected chi connectivity index (χ0v) is 26.7. The predicted octanol–water partition coefficient (Wildman–Crippen LogP) is 9.79. The van der Waals surface area contributed by atoms with Gasteiger partial charge in [-0.3, -0.25) is 9.59 Å². The van der Waals surface area contributed by atoms with Gasteiger partial charge in [0.15, 0.2) is 0 Å². The molecule has 0 N–H and O–H groups in total. The third-order valence-corrected chi connectivity index (χ3v) is 7.77. The van der Waals surface area contributed by atoms with Gasteiger partial charge in [-0.05, 0) is 118 Å². The molecule has 0 aliphatic heterocycles. The molecule has 3 atom stereocenters. The van der Waals surface area contributed by atoms with E-state index in [1.165, 1.54) is 47.7 Å². The number of rotatable bonds is 17. The van der Waals surface area contributed by atoms with Crippen LogP contribution in [0.4, 0.5) is 0 Å². The minimum absolute atomic E-state index is 0.0684. The van der Waals surface area contributed by atoms with Gasteiger partial charge in [0.1, 0.15) is 0 Å². The first kappa shape index (κ1) is 35.4. The molecule has 4 heteroatoms. The highest BCUT2D eigenvalue weighted by molar-refractivity contribution is 5.83. The molecule has 0 bridgehead atoms. The van der Waals surface area contributed by atoms with Crippen molar-refractivity contribution in [2.24, 2.45) is 17.8 Å². The molecule has 0 fully saturated rings. The van der Waals surface area contributed by atoms with E-state index in [9.17, 15) is 9.59 Å². The van der Waals surface area contributed by atoms with E-state index in [0.717, 1.165) is 64.2 Å². The number of ether oxygens (including phenoxy) is 2. The van der Waals surface area contributed by atoms with Crippen molar-refractivity contribution in [3.05, 3.63) is 70.4 Å². The molecule has 0 amide bonds. The summed E-state index contributed by atoms with van der Waals surface area (Å²) >= 11 is 0. The first-order valence-corrected chi connectivity index (χ1v) is 15.1. The maximum atomic E-state index is 12.9. The second kappa shape index (κ2) is 19.5. The van der Waals surface area contributed by atoms with Gasteiger partial charge in [0.05, 0.1) is 26.1 Å². The smallest absolute Gasteiger partial charge is 0.310 e. The van der Waals surface area contributed by atoms with Gasteiger partial charge in [-0.25, -0.2) is 0 Å². The highest BCUT2D eigenvalue weighted by Gasteiger charge is 2.43. The van der Waals surface area contributed by atoms with E-state index in [0.29, 0.717) is 6.42 Å². The van der Waals surface area contributed by atoms with Crippen molar-refractivity contribution in [1.82, 2.24) is 0 Å². The van der Waals surface area contributed by atoms with E-state index in [2.05, 4.69) is 78.5 Å². The van der Waals surface area contributed by atoms with Crippen LogP contribution < -0.4 is 0 Å². The number of carbonyl (C=O) groups is 2. The van der Waals surface area contributed by atoms with E-state index >= 15 is 0 Å². The zero-order chi connectivity index (χ0) is 30.1. The van der Waals surface area contributed by atoms with Crippen LogP contribution >= 0.6 is 0 Å². The van der Waals surface area contributed by atoms with Gasteiger partial charge < -0.3 is 9.47 Å². The summed E-state index contributed by atoms with van der Waals surface area (Å²) in [6, 6.07) is 0. The van der Waals surface area contributed by atoms with Gasteiger partial charge in [0.25, 0.3) is 0 Å². The fourth-order valence-electron chi connectivity index (χ4n) is 5.39. The molecule has 0 saturated carbocycles. The molecule has 0 aromatic rings. The number of hydrogen-bond donors (Lipinski definition) is 0. The Labute approximate surface area is 245 Å². The van der Waals surface area contributed by atoms with Crippen molar-refractivity contribution in [3.63, 3.8) is 0 Å². The van der Waals surface area contributed by atoms with Crippen molar-refractivity contribution >= 4 is 11.9 Å². The van der Waals surface area contributed by atoms with Crippen LogP contribution in [0.3, 0.4) is 0 Å². The van der Waals surface area contributed by atoms with Crippen molar-refractivity contribution in [2.75, 3.05) is 14.2 Å². The lowest BCUT2D eigenvalue weighted by Crippen LogP contribution is -2.39. The number of hydrogen-bond acceptors (Lipinski definition) is 4. The Kier molecular flexibility index (Phi) is 17.2.